The number of benzene rings is 2. The Bertz CT molecular complexity index is 1050. The van der Waals surface area contributed by atoms with E-state index < -0.39 is 0 Å². The normalized spacial score (nSPS) is 18.1. The number of fused-ring (bicyclic) bond motifs is 1. The molecule has 0 spiro atoms. The number of aromatic nitrogens is 1. The fourth-order valence-electron chi connectivity index (χ4n) is 4.87. The third-order valence-corrected chi connectivity index (χ3v) is 6.69. The largest absolute Gasteiger partial charge is 0.490 e. The number of piperidine rings is 2. The molecule has 0 aliphatic carbocycles. The molecule has 5 heteroatoms. The lowest BCUT2D eigenvalue weighted by atomic mass is 10.0. The molecule has 1 aromatic heterocycles. The van der Waals surface area contributed by atoms with E-state index in [-0.39, 0.29) is 12.0 Å². The molecular weight excluding hydrogens is 398 g/mol. The van der Waals surface area contributed by atoms with Gasteiger partial charge in [0.25, 0.3) is 5.91 Å². The van der Waals surface area contributed by atoms with Gasteiger partial charge in [-0.05, 0) is 68.0 Å². The van der Waals surface area contributed by atoms with Crippen LogP contribution in [0.1, 0.15) is 48.0 Å². The van der Waals surface area contributed by atoms with E-state index in [0.29, 0.717) is 0 Å². The molecule has 0 radical (unpaired) electrons. The monoisotopic (exact) mass is 429 g/mol. The third-order valence-electron chi connectivity index (χ3n) is 6.69. The molecule has 3 aromatic rings. The second-order valence-electron chi connectivity index (χ2n) is 8.96. The SMILES string of the molecule is O=C(c1ccc(OC2CCN(Cc3cccc4cccnc34)CC2)cc1)N1CCCCC1. The topological polar surface area (TPSA) is 45.7 Å². The van der Waals surface area contributed by atoms with E-state index >= 15 is 0 Å². The van der Waals surface area contributed by atoms with Crippen LogP contribution in [0.3, 0.4) is 0 Å². The fraction of sp³-hybridized carbons (Fsp3) is 0.407. The fourth-order valence-corrected chi connectivity index (χ4v) is 4.87. The van der Waals surface area contributed by atoms with E-state index in [1.807, 2.05) is 41.4 Å². The van der Waals surface area contributed by atoms with Crippen LogP contribution in [0.5, 0.6) is 5.75 Å². The number of para-hydroxylation sites is 1. The van der Waals surface area contributed by atoms with Crippen molar-refractivity contribution < 1.29 is 9.53 Å². The van der Waals surface area contributed by atoms with Crippen molar-refractivity contribution in [3.05, 3.63) is 71.9 Å². The summed E-state index contributed by atoms with van der Waals surface area (Å²) in [5, 5.41) is 1.20. The second kappa shape index (κ2) is 9.70. The van der Waals surface area contributed by atoms with Gasteiger partial charge in [0.15, 0.2) is 0 Å². The van der Waals surface area contributed by atoms with Gasteiger partial charge in [-0.25, -0.2) is 0 Å². The van der Waals surface area contributed by atoms with Gasteiger partial charge in [0, 0.05) is 49.9 Å². The number of carbonyl (C=O) groups excluding carboxylic acids is 1. The van der Waals surface area contributed by atoms with E-state index in [1.54, 1.807) is 0 Å². The molecule has 2 saturated heterocycles. The molecule has 2 aliphatic heterocycles. The van der Waals surface area contributed by atoms with E-state index in [4.69, 9.17) is 4.74 Å². The number of pyridine rings is 1. The third kappa shape index (κ3) is 4.78. The first-order valence-electron chi connectivity index (χ1n) is 11.9. The maximum Gasteiger partial charge on any atom is 0.253 e. The number of hydrogen-bond donors (Lipinski definition) is 0. The summed E-state index contributed by atoms with van der Waals surface area (Å²) in [5.41, 5.74) is 3.15. The second-order valence-corrected chi connectivity index (χ2v) is 8.96. The summed E-state index contributed by atoms with van der Waals surface area (Å²) in [7, 11) is 0. The molecule has 2 aromatic carbocycles. The number of rotatable bonds is 5. The summed E-state index contributed by atoms with van der Waals surface area (Å²) in [6.45, 7) is 4.71. The number of nitrogens with zero attached hydrogens (tertiary/aromatic N) is 3. The lowest BCUT2D eigenvalue weighted by Crippen LogP contribution is -2.37. The van der Waals surface area contributed by atoms with Gasteiger partial charge in [0.2, 0.25) is 0 Å². The number of hydrogen-bond acceptors (Lipinski definition) is 4. The molecule has 32 heavy (non-hydrogen) atoms. The van der Waals surface area contributed by atoms with Crippen LogP contribution in [0, 0.1) is 0 Å². The average molecular weight is 430 g/mol. The first kappa shape index (κ1) is 21.0. The van der Waals surface area contributed by atoms with Gasteiger partial charge in [-0.3, -0.25) is 14.7 Å². The van der Waals surface area contributed by atoms with Gasteiger partial charge in [-0.2, -0.15) is 0 Å². The van der Waals surface area contributed by atoms with Crippen LogP contribution in [-0.4, -0.2) is 53.0 Å². The van der Waals surface area contributed by atoms with Crippen molar-refractivity contribution in [3.63, 3.8) is 0 Å². The first-order chi connectivity index (χ1) is 15.8. The minimum absolute atomic E-state index is 0.146. The van der Waals surface area contributed by atoms with Crippen molar-refractivity contribution in [2.45, 2.75) is 44.8 Å². The van der Waals surface area contributed by atoms with Crippen LogP contribution in [-0.2, 0) is 6.54 Å². The summed E-state index contributed by atoms with van der Waals surface area (Å²) >= 11 is 0. The lowest BCUT2D eigenvalue weighted by molar-refractivity contribution is 0.0724. The van der Waals surface area contributed by atoms with Gasteiger partial charge in [-0.15, -0.1) is 0 Å². The Labute approximate surface area is 190 Å². The highest BCUT2D eigenvalue weighted by molar-refractivity contribution is 5.94. The predicted molar refractivity (Wildman–Crippen MR) is 127 cm³/mol. The minimum atomic E-state index is 0.146. The van der Waals surface area contributed by atoms with Gasteiger partial charge in [0.05, 0.1) is 5.52 Å². The van der Waals surface area contributed by atoms with Crippen LogP contribution in [0.4, 0.5) is 0 Å². The zero-order valence-corrected chi connectivity index (χ0v) is 18.6. The smallest absolute Gasteiger partial charge is 0.253 e. The summed E-state index contributed by atoms with van der Waals surface area (Å²) in [4.78, 5) is 21.7. The van der Waals surface area contributed by atoms with E-state index in [9.17, 15) is 4.79 Å². The zero-order chi connectivity index (χ0) is 21.8. The Morgan fingerprint density at radius 1 is 0.906 bits per heavy atom. The van der Waals surface area contributed by atoms with E-state index in [1.165, 1.54) is 17.4 Å². The molecule has 2 aliphatic rings. The van der Waals surface area contributed by atoms with Crippen LogP contribution in [0.15, 0.2) is 60.8 Å². The van der Waals surface area contributed by atoms with Crippen molar-refractivity contribution in [2.24, 2.45) is 0 Å². The average Bonchev–Trinajstić information content (AvgIpc) is 2.86. The Kier molecular flexibility index (Phi) is 6.35. The molecule has 166 valence electrons. The molecule has 1 amide bonds. The Morgan fingerprint density at radius 2 is 1.66 bits per heavy atom. The number of amides is 1. The molecule has 5 nitrogen and oxygen atoms in total. The minimum Gasteiger partial charge on any atom is -0.490 e. The Balaban J connectivity index is 1.13. The molecule has 0 bridgehead atoms. The first-order valence-corrected chi connectivity index (χ1v) is 11.9. The van der Waals surface area contributed by atoms with Crippen molar-refractivity contribution in [3.8, 4) is 5.75 Å². The van der Waals surface area contributed by atoms with Gasteiger partial charge in [0.1, 0.15) is 11.9 Å². The summed E-state index contributed by atoms with van der Waals surface area (Å²) in [6.07, 6.45) is 7.57. The van der Waals surface area contributed by atoms with Gasteiger partial charge >= 0.3 is 0 Å². The summed E-state index contributed by atoms with van der Waals surface area (Å²) in [6, 6.07) is 18.3. The van der Waals surface area contributed by atoms with E-state index in [0.717, 1.165) is 75.2 Å². The quantitative estimate of drug-likeness (QED) is 0.578. The Hall–Kier alpha value is -2.92. The predicted octanol–water partition coefficient (Wildman–Crippen LogP) is 4.90. The molecule has 2 fully saturated rings. The lowest BCUT2D eigenvalue weighted by Gasteiger charge is -2.32. The van der Waals surface area contributed by atoms with Crippen molar-refractivity contribution >= 4 is 16.8 Å². The van der Waals surface area contributed by atoms with Crippen LogP contribution in [0.2, 0.25) is 0 Å². The molecule has 0 unspecified atom stereocenters. The van der Waals surface area contributed by atoms with Gasteiger partial charge in [-0.1, -0.05) is 24.3 Å². The Morgan fingerprint density at radius 3 is 2.44 bits per heavy atom. The number of carbonyl (C=O) groups is 1. The summed E-state index contributed by atoms with van der Waals surface area (Å²) in [5.74, 6) is 1.00. The molecular formula is C27H31N3O2. The molecule has 0 saturated carbocycles. The van der Waals surface area contributed by atoms with Gasteiger partial charge < -0.3 is 9.64 Å². The van der Waals surface area contributed by atoms with Crippen LogP contribution in [0.25, 0.3) is 10.9 Å². The maximum absolute atomic E-state index is 12.6. The standard InChI is InChI=1S/C27H31N3O2/c31-27(30-16-2-1-3-17-30)22-9-11-24(12-10-22)32-25-13-18-29(19-14-25)20-23-7-4-6-21-8-5-15-28-26(21)23/h4-12,15,25H,1-3,13-14,16-20H2. The van der Waals surface area contributed by atoms with Crippen LogP contribution < -0.4 is 4.74 Å². The number of likely N-dealkylation sites (tertiary alicyclic amines) is 2. The molecule has 5 rings (SSSR count). The number of ether oxygens (including phenoxy) is 1. The highest BCUT2D eigenvalue weighted by Crippen LogP contribution is 2.23. The zero-order valence-electron chi connectivity index (χ0n) is 18.6. The van der Waals surface area contributed by atoms with E-state index in [2.05, 4.69) is 34.1 Å². The highest BCUT2D eigenvalue weighted by atomic mass is 16.5. The molecule has 3 heterocycles. The van der Waals surface area contributed by atoms with Crippen molar-refractivity contribution in [2.75, 3.05) is 26.2 Å². The maximum atomic E-state index is 12.6. The molecule has 0 atom stereocenters. The van der Waals surface area contributed by atoms with Crippen LogP contribution >= 0.6 is 0 Å². The summed E-state index contributed by atoms with van der Waals surface area (Å²) < 4.78 is 6.24. The van der Waals surface area contributed by atoms with Crippen molar-refractivity contribution in [1.82, 2.24) is 14.8 Å². The molecule has 0 N–H and O–H groups in total. The highest BCUT2D eigenvalue weighted by Gasteiger charge is 2.22. The van der Waals surface area contributed by atoms with Crippen molar-refractivity contribution in [1.29, 1.82) is 0 Å².